The molecule has 2 aliphatic carbocycles. The zero-order valence-electron chi connectivity index (χ0n) is 16.1. The van der Waals surface area contributed by atoms with Gasteiger partial charge in [-0.25, -0.2) is 0 Å². The molecular weight excluding hydrogens is 402 g/mol. The van der Waals surface area contributed by atoms with Gasteiger partial charge in [0.05, 0.1) is 18.1 Å². The Balaban J connectivity index is 1.41. The molecule has 2 saturated carbocycles. The van der Waals surface area contributed by atoms with Crippen LogP contribution in [0.5, 0.6) is 0 Å². The van der Waals surface area contributed by atoms with Crippen LogP contribution in [-0.4, -0.2) is 29.8 Å². The predicted molar refractivity (Wildman–Crippen MR) is 104 cm³/mol. The highest BCUT2D eigenvalue weighted by molar-refractivity contribution is 9.09. The van der Waals surface area contributed by atoms with E-state index in [1.165, 1.54) is 19.3 Å². The lowest BCUT2D eigenvalue weighted by Crippen LogP contribution is -2.41. The average Bonchev–Trinajstić information content (AvgIpc) is 2.65. The maximum Gasteiger partial charge on any atom is 0.358 e. The molecule has 0 aromatic heterocycles. The molecule has 26 heavy (non-hydrogen) atoms. The molecule has 152 valence electrons. The Kier molecular flexibility index (Phi) is 7.78. The van der Waals surface area contributed by atoms with E-state index in [1.54, 1.807) is 0 Å². The van der Waals surface area contributed by atoms with Gasteiger partial charge in [0.25, 0.3) is 0 Å². The molecule has 1 aliphatic heterocycles. The zero-order chi connectivity index (χ0) is 18.6. The van der Waals surface area contributed by atoms with Crippen LogP contribution >= 0.6 is 15.9 Å². The van der Waals surface area contributed by atoms with Crippen molar-refractivity contribution in [2.24, 2.45) is 17.8 Å². The van der Waals surface area contributed by atoms with E-state index in [0.717, 1.165) is 51.6 Å². The van der Waals surface area contributed by atoms with E-state index in [2.05, 4.69) is 22.9 Å². The summed E-state index contributed by atoms with van der Waals surface area (Å²) in [5.41, 5.74) is 0. The largest absolute Gasteiger partial charge is 0.378 e. The van der Waals surface area contributed by atoms with E-state index in [9.17, 15) is 8.78 Å². The lowest BCUT2D eigenvalue weighted by molar-refractivity contribution is -0.301. The minimum Gasteiger partial charge on any atom is -0.378 e. The fourth-order valence-corrected chi connectivity index (χ4v) is 5.65. The second kappa shape index (κ2) is 9.65. The SMILES string of the molecule is CCCC1CCC(C2CCC(C(F)(F)OC3CCC(Br)CC3)CC2)OC1. The molecular formula is C21H35BrF2O2. The highest BCUT2D eigenvalue weighted by Gasteiger charge is 2.45. The molecule has 2 atom stereocenters. The molecule has 0 aromatic carbocycles. The molecule has 1 saturated heterocycles. The van der Waals surface area contributed by atoms with Crippen molar-refractivity contribution in [1.29, 1.82) is 0 Å². The highest BCUT2D eigenvalue weighted by Crippen LogP contribution is 2.44. The van der Waals surface area contributed by atoms with Crippen LogP contribution in [0.2, 0.25) is 0 Å². The van der Waals surface area contributed by atoms with Gasteiger partial charge in [-0.1, -0.05) is 29.3 Å². The topological polar surface area (TPSA) is 18.5 Å². The fraction of sp³-hybridized carbons (Fsp3) is 1.00. The highest BCUT2D eigenvalue weighted by atomic mass is 79.9. The van der Waals surface area contributed by atoms with Crippen molar-refractivity contribution in [2.45, 2.75) is 107 Å². The normalized spacial score (nSPS) is 39.7. The molecule has 5 heteroatoms. The summed E-state index contributed by atoms with van der Waals surface area (Å²) >= 11 is 3.57. The van der Waals surface area contributed by atoms with Crippen LogP contribution in [0.1, 0.15) is 84.0 Å². The van der Waals surface area contributed by atoms with Crippen LogP contribution in [0, 0.1) is 17.8 Å². The first-order chi connectivity index (χ1) is 12.5. The Morgan fingerprint density at radius 3 is 2.23 bits per heavy atom. The van der Waals surface area contributed by atoms with Crippen LogP contribution in [0.25, 0.3) is 0 Å². The van der Waals surface area contributed by atoms with Gasteiger partial charge < -0.3 is 9.47 Å². The molecule has 0 spiro atoms. The molecule has 1 heterocycles. The van der Waals surface area contributed by atoms with Crippen molar-refractivity contribution in [3.8, 4) is 0 Å². The maximum absolute atomic E-state index is 14.6. The van der Waals surface area contributed by atoms with Gasteiger partial charge in [-0.15, -0.1) is 0 Å². The maximum atomic E-state index is 14.6. The third kappa shape index (κ3) is 5.64. The molecule has 3 aliphatic rings. The van der Waals surface area contributed by atoms with Crippen molar-refractivity contribution in [2.75, 3.05) is 6.61 Å². The molecule has 0 bridgehead atoms. The van der Waals surface area contributed by atoms with Crippen molar-refractivity contribution in [1.82, 2.24) is 0 Å². The van der Waals surface area contributed by atoms with E-state index in [0.29, 0.717) is 35.6 Å². The van der Waals surface area contributed by atoms with Gasteiger partial charge in [-0.2, -0.15) is 8.78 Å². The van der Waals surface area contributed by atoms with Gasteiger partial charge in [0.2, 0.25) is 0 Å². The van der Waals surface area contributed by atoms with Crippen molar-refractivity contribution in [3.05, 3.63) is 0 Å². The first-order valence-electron chi connectivity index (χ1n) is 10.8. The van der Waals surface area contributed by atoms with E-state index in [1.807, 2.05) is 0 Å². The summed E-state index contributed by atoms with van der Waals surface area (Å²) in [5.74, 6) is 0.560. The second-order valence-electron chi connectivity index (χ2n) is 8.77. The molecule has 2 nitrogen and oxygen atoms in total. The van der Waals surface area contributed by atoms with Gasteiger partial charge in [-0.3, -0.25) is 0 Å². The number of ether oxygens (including phenoxy) is 2. The van der Waals surface area contributed by atoms with Crippen molar-refractivity contribution < 1.29 is 18.3 Å². The Bertz CT molecular complexity index is 410. The number of rotatable bonds is 6. The van der Waals surface area contributed by atoms with Gasteiger partial charge in [0.15, 0.2) is 0 Å². The van der Waals surface area contributed by atoms with Gasteiger partial charge >= 0.3 is 6.11 Å². The monoisotopic (exact) mass is 436 g/mol. The van der Waals surface area contributed by atoms with Gasteiger partial charge in [0.1, 0.15) is 0 Å². The van der Waals surface area contributed by atoms with E-state index >= 15 is 0 Å². The number of alkyl halides is 3. The number of hydrogen-bond acceptors (Lipinski definition) is 2. The summed E-state index contributed by atoms with van der Waals surface area (Å²) < 4.78 is 40.7. The third-order valence-electron chi connectivity index (χ3n) is 6.80. The molecule has 0 aromatic rings. The Morgan fingerprint density at radius 1 is 0.962 bits per heavy atom. The van der Waals surface area contributed by atoms with Crippen LogP contribution in [0.3, 0.4) is 0 Å². The molecule has 2 unspecified atom stereocenters. The van der Waals surface area contributed by atoms with Crippen LogP contribution in [0.15, 0.2) is 0 Å². The van der Waals surface area contributed by atoms with E-state index in [4.69, 9.17) is 9.47 Å². The zero-order valence-corrected chi connectivity index (χ0v) is 17.7. The van der Waals surface area contributed by atoms with Crippen LogP contribution in [-0.2, 0) is 9.47 Å². The molecule has 3 rings (SSSR count). The Hall–Kier alpha value is 0.260. The van der Waals surface area contributed by atoms with Crippen LogP contribution < -0.4 is 0 Å². The van der Waals surface area contributed by atoms with E-state index in [-0.39, 0.29) is 6.10 Å². The number of halogens is 3. The third-order valence-corrected chi connectivity index (χ3v) is 7.72. The quantitative estimate of drug-likeness (QED) is 0.431. The van der Waals surface area contributed by atoms with E-state index < -0.39 is 12.0 Å². The summed E-state index contributed by atoms with van der Waals surface area (Å²) in [6.07, 6.45) is 8.13. The fourth-order valence-electron chi connectivity index (χ4n) is 5.12. The molecule has 0 amide bonds. The minimum atomic E-state index is -2.96. The first-order valence-corrected chi connectivity index (χ1v) is 11.7. The summed E-state index contributed by atoms with van der Waals surface area (Å²) in [6, 6.07) is 0. The molecule has 3 fully saturated rings. The van der Waals surface area contributed by atoms with Crippen molar-refractivity contribution in [3.63, 3.8) is 0 Å². The smallest absolute Gasteiger partial charge is 0.358 e. The first kappa shape index (κ1) is 21.0. The summed E-state index contributed by atoms with van der Waals surface area (Å²) in [6.45, 7) is 3.09. The molecule has 0 radical (unpaired) electrons. The number of hydrogen-bond donors (Lipinski definition) is 0. The average molecular weight is 437 g/mol. The minimum absolute atomic E-state index is 0.270. The van der Waals surface area contributed by atoms with Crippen molar-refractivity contribution >= 4 is 15.9 Å². The standard InChI is InChI=1S/C21H35BrF2O2/c1-2-3-15-4-13-20(25-14-15)16-5-7-17(8-6-16)21(23,24)26-19-11-9-18(22)10-12-19/h15-20H,2-14H2,1H3. The van der Waals surface area contributed by atoms with Crippen LogP contribution in [0.4, 0.5) is 8.78 Å². The summed E-state index contributed by atoms with van der Waals surface area (Å²) in [5, 5.41) is 0. The Labute approximate surface area is 165 Å². The second-order valence-corrected chi connectivity index (χ2v) is 10.1. The summed E-state index contributed by atoms with van der Waals surface area (Å²) in [4.78, 5) is 0.471. The summed E-state index contributed by atoms with van der Waals surface area (Å²) in [7, 11) is 0. The lowest BCUT2D eigenvalue weighted by Gasteiger charge is -2.40. The lowest BCUT2D eigenvalue weighted by atomic mass is 9.76. The Morgan fingerprint density at radius 2 is 1.65 bits per heavy atom. The molecule has 0 N–H and O–H groups in total. The van der Waals surface area contributed by atoms with Gasteiger partial charge in [-0.05, 0) is 82.5 Å². The predicted octanol–water partition coefficient (Wildman–Crippen LogP) is 6.70. The van der Waals surface area contributed by atoms with Gasteiger partial charge in [0, 0.05) is 11.4 Å².